The van der Waals surface area contributed by atoms with E-state index in [0.717, 1.165) is 27.4 Å². The molecule has 0 saturated carbocycles. The van der Waals surface area contributed by atoms with Gasteiger partial charge in [0.25, 0.3) is 0 Å². The molecule has 0 saturated heterocycles. The summed E-state index contributed by atoms with van der Waals surface area (Å²) in [4.78, 5) is 20.6. The third-order valence-electron chi connectivity index (χ3n) is 3.57. The van der Waals surface area contributed by atoms with Gasteiger partial charge in [0.2, 0.25) is 5.91 Å². The first-order valence-corrected chi connectivity index (χ1v) is 8.04. The van der Waals surface area contributed by atoms with Crippen LogP contribution in [0.4, 0.5) is 19.0 Å². The van der Waals surface area contributed by atoms with Crippen molar-refractivity contribution >= 4 is 33.5 Å². The summed E-state index contributed by atoms with van der Waals surface area (Å²) in [5, 5.41) is 3.54. The average molecular weight is 365 g/mol. The summed E-state index contributed by atoms with van der Waals surface area (Å²) in [5.41, 5.74) is 0.449. The van der Waals surface area contributed by atoms with E-state index in [9.17, 15) is 18.0 Å². The first-order valence-electron chi connectivity index (χ1n) is 7.16. The lowest BCUT2D eigenvalue weighted by atomic mass is 10.3. The zero-order valence-corrected chi connectivity index (χ0v) is 13.3. The SMILES string of the molecule is O=C(Cc1cn2ccccc2n1)Nc1ncn2c(C(F)(F)F)csc12. The van der Waals surface area contributed by atoms with Crippen LogP contribution in [0.1, 0.15) is 11.4 Å². The van der Waals surface area contributed by atoms with Crippen molar-refractivity contribution in [1.29, 1.82) is 0 Å². The van der Waals surface area contributed by atoms with Crippen LogP contribution in [0.15, 0.2) is 42.3 Å². The van der Waals surface area contributed by atoms with Gasteiger partial charge < -0.3 is 9.72 Å². The number of carbonyl (C=O) groups is 1. The van der Waals surface area contributed by atoms with E-state index in [0.29, 0.717) is 11.3 Å². The summed E-state index contributed by atoms with van der Waals surface area (Å²) in [5.74, 6) is -0.291. The van der Waals surface area contributed by atoms with Crippen molar-refractivity contribution in [1.82, 2.24) is 18.8 Å². The Bertz CT molecular complexity index is 1040. The number of pyridine rings is 1. The van der Waals surface area contributed by atoms with E-state index >= 15 is 0 Å². The molecule has 0 fully saturated rings. The van der Waals surface area contributed by atoms with Gasteiger partial charge in [0.1, 0.15) is 22.5 Å². The fraction of sp³-hybridized carbons (Fsp3) is 0.133. The van der Waals surface area contributed by atoms with Gasteiger partial charge in [0.15, 0.2) is 5.82 Å². The largest absolute Gasteiger partial charge is 0.432 e. The molecule has 0 aliphatic carbocycles. The number of carbonyl (C=O) groups excluding carboxylic acids is 1. The molecule has 128 valence electrons. The standard InChI is InChI=1S/C15H10F3N5OS/c16-15(17,18)10-7-25-14-13(19-8-23(10)14)21-12(24)5-9-6-22-4-2-1-3-11(22)20-9/h1-4,6-8H,5H2,(H,21,24). The summed E-state index contributed by atoms with van der Waals surface area (Å²) in [6.45, 7) is 0. The lowest BCUT2D eigenvalue weighted by Gasteiger charge is -2.03. The fourth-order valence-corrected chi connectivity index (χ4v) is 3.44. The number of alkyl halides is 3. The maximum atomic E-state index is 12.9. The second kappa shape index (κ2) is 5.59. The Labute approximate surface area is 142 Å². The quantitative estimate of drug-likeness (QED) is 0.606. The van der Waals surface area contributed by atoms with Crippen molar-refractivity contribution < 1.29 is 18.0 Å². The van der Waals surface area contributed by atoms with Crippen LogP contribution in [0.2, 0.25) is 0 Å². The monoisotopic (exact) mass is 365 g/mol. The van der Waals surface area contributed by atoms with E-state index in [1.165, 1.54) is 0 Å². The minimum Gasteiger partial charge on any atom is -0.308 e. The molecule has 4 heterocycles. The Hall–Kier alpha value is -2.88. The highest BCUT2D eigenvalue weighted by molar-refractivity contribution is 7.16. The number of halogens is 3. The van der Waals surface area contributed by atoms with Gasteiger partial charge in [-0.05, 0) is 12.1 Å². The van der Waals surface area contributed by atoms with E-state index in [-0.39, 0.29) is 17.1 Å². The smallest absolute Gasteiger partial charge is 0.308 e. The van der Waals surface area contributed by atoms with Crippen LogP contribution < -0.4 is 5.32 Å². The van der Waals surface area contributed by atoms with Crippen LogP contribution in [-0.2, 0) is 17.4 Å². The second-order valence-electron chi connectivity index (χ2n) is 5.31. The van der Waals surface area contributed by atoms with Crippen LogP contribution in [0, 0.1) is 0 Å². The van der Waals surface area contributed by atoms with Gasteiger partial charge in [-0.3, -0.25) is 9.20 Å². The van der Waals surface area contributed by atoms with Crippen LogP contribution in [-0.4, -0.2) is 24.7 Å². The lowest BCUT2D eigenvalue weighted by molar-refractivity contribution is -0.141. The van der Waals surface area contributed by atoms with Crippen molar-refractivity contribution in [3.05, 3.63) is 53.7 Å². The third kappa shape index (κ3) is 2.84. The van der Waals surface area contributed by atoms with Crippen molar-refractivity contribution in [2.75, 3.05) is 5.32 Å². The van der Waals surface area contributed by atoms with Crippen molar-refractivity contribution in [2.24, 2.45) is 0 Å². The Morgan fingerprint density at radius 1 is 1.32 bits per heavy atom. The molecule has 0 spiro atoms. The molecule has 0 unspecified atom stereocenters. The number of aromatic nitrogens is 4. The third-order valence-corrected chi connectivity index (χ3v) is 4.52. The lowest BCUT2D eigenvalue weighted by Crippen LogP contribution is -2.15. The number of nitrogens with one attached hydrogen (secondary N) is 1. The van der Waals surface area contributed by atoms with Gasteiger partial charge >= 0.3 is 6.18 Å². The maximum absolute atomic E-state index is 12.9. The van der Waals surface area contributed by atoms with Crippen molar-refractivity contribution in [3.63, 3.8) is 0 Å². The number of nitrogens with zero attached hydrogens (tertiary/aromatic N) is 4. The van der Waals surface area contributed by atoms with Crippen LogP contribution in [0.5, 0.6) is 0 Å². The first-order chi connectivity index (χ1) is 11.9. The van der Waals surface area contributed by atoms with E-state index in [1.807, 2.05) is 24.4 Å². The minimum absolute atomic E-state index is 0.00178. The van der Waals surface area contributed by atoms with Crippen LogP contribution in [0.25, 0.3) is 10.5 Å². The molecule has 1 amide bonds. The van der Waals surface area contributed by atoms with E-state index in [1.54, 1.807) is 10.6 Å². The number of imidazole rings is 2. The first kappa shape index (κ1) is 15.6. The summed E-state index contributed by atoms with van der Waals surface area (Å²) < 4.78 is 41.3. The second-order valence-corrected chi connectivity index (χ2v) is 6.17. The van der Waals surface area contributed by atoms with E-state index < -0.39 is 17.8 Å². The zero-order valence-electron chi connectivity index (χ0n) is 12.5. The Kier molecular flexibility index (Phi) is 3.49. The maximum Gasteiger partial charge on any atom is 0.432 e. The molecular weight excluding hydrogens is 355 g/mol. The van der Waals surface area contributed by atoms with Crippen LogP contribution in [0.3, 0.4) is 0 Å². The van der Waals surface area contributed by atoms with Crippen molar-refractivity contribution in [2.45, 2.75) is 12.6 Å². The molecule has 0 aliphatic rings. The van der Waals surface area contributed by atoms with Crippen molar-refractivity contribution in [3.8, 4) is 0 Å². The molecule has 0 aliphatic heterocycles. The van der Waals surface area contributed by atoms with Gasteiger partial charge in [-0.25, -0.2) is 9.97 Å². The van der Waals surface area contributed by atoms with E-state index in [4.69, 9.17) is 0 Å². The summed E-state index contributed by atoms with van der Waals surface area (Å²) in [6.07, 6.45) is 0.113. The zero-order chi connectivity index (χ0) is 17.6. The highest BCUT2D eigenvalue weighted by Gasteiger charge is 2.35. The molecule has 10 heteroatoms. The molecule has 4 aromatic heterocycles. The topological polar surface area (TPSA) is 63.7 Å². The van der Waals surface area contributed by atoms with Crippen LogP contribution >= 0.6 is 11.3 Å². The Morgan fingerprint density at radius 2 is 2.16 bits per heavy atom. The summed E-state index contributed by atoms with van der Waals surface area (Å²) >= 11 is 0.872. The molecule has 0 aromatic carbocycles. The number of thiazole rings is 1. The molecule has 1 N–H and O–H groups in total. The van der Waals surface area contributed by atoms with Gasteiger partial charge in [-0.1, -0.05) is 6.07 Å². The fourth-order valence-electron chi connectivity index (χ4n) is 2.49. The minimum atomic E-state index is -4.48. The number of hydrogen-bond acceptors (Lipinski definition) is 4. The van der Waals surface area contributed by atoms with Gasteiger partial charge in [0.05, 0.1) is 12.1 Å². The Morgan fingerprint density at radius 3 is 2.92 bits per heavy atom. The van der Waals surface area contributed by atoms with E-state index in [2.05, 4.69) is 15.3 Å². The molecular formula is C15H10F3N5OS. The Balaban J connectivity index is 1.54. The predicted molar refractivity (Wildman–Crippen MR) is 85.6 cm³/mol. The average Bonchev–Trinajstić information content (AvgIpc) is 3.21. The summed E-state index contributed by atoms with van der Waals surface area (Å²) in [6, 6.07) is 5.49. The highest BCUT2D eigenvalue weighted by atomic mass is 32.1. The number of amides is 1. The van der Waals surface area contributed by atoms with Gasteiger partial charge in [-0.15, -0.1) is 11.3 Å². The number of anilines is 1. The molecule has 0 radical (unpaired) electrons. The normalized spacial score (nSPS) is 12.1. The number of fused-ring (bicyclic) bond motifs is 2. The highest BCUT2D eigenvalue weighted by Crippen LogP contribution is 2.34. The van der Waals surface area contributed by atoms with Gasteiger partial charge in [0, 0.05) is 17.8 Å². The van der Waals surface area contributed by atoms with Gasteiger partial charge in [-0.2, -0.15) is 13.2 Å². The molecule has 6 nitrogen and oxygen atoms in total. The predicted octanol–water partition coefficient (Wildman–Crippen LogP) is 3.24. The summed E-state index contributed by atoms with van der Waals surface area (Å²) in [7, 11) is 0. The number of hydrogen-bond donors (Lipinski definition) is 1. The molecule has 4 aromatic rings. The molecule has 0 atom stereocenters. The molecule has 4 rings (SSSR count). The molecule has 0 bridgehead atoms. The molecule has 25 heavy (non-hydrogen) atoms. The number of rotatable bonds is 3.